The summed E-state index contributed by atoms with van der Waals surface area (Å²) in [4.78, 5) is 12.3. The zero-order valence-electron chi connectivity index (χ0n) is 11.3. The highest BCUT2D eigenvalue weighted by atomic mass is 16.5. The van der Waals surface area contributed by atoms with E-state index in [9.17, 15) is 4.79 Å². The minimum absolute atomic E-state index is 0.0180. The number of ether oxygens (including phenoxy) is 1. The zero-order chi connectivity index (χ0) is 13.9. The number of carbonyl (C=O) groups is 1. The number of rotatable bonds is 4. The van der Waals surface area contributed by atoms with Crippen LogP contribution >= 0.6 is 0 Å². The van der Waals surface area contributed by atoms with E-state index >= 15 is 0 Å². The molecule has 0 heterocycles. The number of carbonyl (C=O) groups excluding carboxylic acids is 1. The van der Waals surface area contributed by atoms with Crippen LogP contribution in [0.1, 0.15) is 25.7 Å². The van der Waals surface area contributed by atoms with Crippen molar-refractivity contribution in [2.45, 2.75) is 25.7 Å². The van der Waals surface area contributed by atoms with Crippen molar-refractivity contribution in [2.75, 3.05) is 11.9 Å². The minimum Gasteiger partial charge on any atom is -0.479 e. The maximum atomic E-state index is 12.3. The fourth-order valence-electron chi connectivity index (χ4n) is 3.39. The van der Waals surface area contributed by atoms with Crippen LogP contribution < -0.4 is 10.1 Å². The van der Waals surface area contributed by atoms with E-state index in [2.05, 4.69) is 5.32 Å². The molecular weight excluding hydrogens is 252 g/mol. The summed E-state index contributed by atoms with van der Waals surface area (Å²) in [6, 6.07) is 9.15. The Labute approximate surface area is 118 Å². The number of fused-ring (bicyclic) bond motifs is 1. The smallest absolute Gasteiger partial charge is 0.228 e. The first-order chi connectivity index (χ1) is 9.79. The van der Waals surface area contributed by atoms with Crippen LogP contribution in [0.25, 0.3) is 0 Å². The number of hydrogen-bond donors (Lipinski definition) is 1. The van der Waals surface area contributed by atoms with Crippen molar-refractivity contribution < 1.29 is 9.53 Å². The predicted molar refractivity (Wildman–Crippen MR) is 75.1 cm³/mol. The monoisotopic (exact) mass is 270 g/mol. The molecule has 2 fully saturated rings. The molecule has 104 valence electrons. The van der Waals surface area contributed by atoms with E-state index in [1.165, 1.54) is 25.7 Å². The molecule has 1 aromatic rings. The molecule has 4 heteroatoms. The van der Waals surface area contributed by atoms with Gasteiger partial charge >= 0.3 is 0 Å². The standard InChI is InChI=1S/C16H18N2O2/c17-8-9-20-12-5-3-4-11(10-12)18-16(19)15-13-6-1-2-7-14(13)15/h3-5,10,13-15H,1-2,6-7,9H2,(H,18,19). The highest BCUT2D eigenvalue weighted by molar-refractivity contribution is 5.95. The average molecular weight is 270 g/mol. The third-order valence-electron chi connectivity index (χ3n) is 4.36. The molecule has 20 heavy (non-hydrogen) atoms. The molecule has 0 spiro atoms. The Morgan fingerprint density at radius 3 is 2.80 bits per heavy atom. The maximum Gasteiger partial charge on any atom is 0.228 e. The van der Waals surface area contributed by atoms with E-state index < -0.39 is 0 Å². The molecule has 3 rings (SSSR count). The molecule has 2 aliphatic carbocycles. The summed E-state index contributed by atoms with van der Waals surface area (Å²) in [5.74, 6) is 2.18. The van der Waals surface area contributed by atoms with E-state index in [1.54, 1.807) is 12.1 Å². The molecule has 2 aliphatic rings. The van der Waals surface area contributed by atoms with E-state index in [1.807, 2.05) is 18.2 Å². The summed E-state index contributed by atoms with van der Waals surface area (Å²) in [6.45, 7) is 0.0180. The quantitative estimate of drug-likeness (QED) is 0.915. The lowest BCUT2D eigenvalue weighted by Gasteiger charge is -2.07. The first-order valence-corrected chi connectivity index (χ1v) is 7.20. The second-order valence-corrected chi connectivity index (χ2v) is 5.60. The van der Waals surface area contributed by atoms with Crippen molar-refractivity contribution in [2.24, 2.45) is 17.8 Å². The summed E-state index contributed by atoms with van der Waals surface area (Å²) in [5.41, 5.74) is 0.745. The third kappa shape index (κ3) is 2.62. The number of nitriles is 1. The van der Waals surface area contributed by atoms with Gasteiger partial charge in [-0.3, -0.25) is 4.79 Å². The van der Waals surface area contributed by atoms with E-state index in [-0.39, 0.29) is 18.4 Å². The van der Waals surface area contributed by atoms with Gasteiger partial charge in [-0.1, -0.05) is 18.9 Å². The van der Waals surface area contributed by atoms with Crippen LogP contribution in [0, 0.1) is 29.1 Å². The van der Waals surface area contributed by atoms with Crippen molar-refractivity contribution in [3.8, 4) is 11.8 Å². The van der Waals surface area contributed by atoms with Crippen LogP contribution in [-0.4, -0.2) is 12.5 Å². The highest BCUT2D eigenvalue weighted by Gasteiger charge is 2.54. The molecule has 1 N–H and O–H groups in total. The van der Waals surface area contributed by atoms with Gasteiger partial charge < -0.3 is 10.1 Å². The van der Waals surface area contributed by atoms with Crippen molar-refractivity contribution in [3.63, 3.8) is 0 Å². The summed E-state index contributed by atoms with van der Waals surface area (Å²) in [7, 11) is 0. The van der Waals surface area contributed by atoms with E-state index in [0.717, 1.165) is 5.69 Å². The van der Waals surface area contributed by atoms with E-state index in [4.69, 9.17) is 10.00 Å². The van der Waals surface area contributed by atoms with Crippen LogP contribution in [0.4, 0.5) is 5.69 Å². The van der Waals surface area contributed by atoms with Crippen molar-refractivity contribution in [1.82, 2.24) is 0 Å². The Balaban J connectivity index is 1.60. The molecule has 1 amide bonds. The molecule has 2 atom stereocenters. The van der Waals surface area contributed by atoms with Crippen LogP contribution in [0.2, 0.25) is 0 Å². The predicted octanol–water partition coefficient (Wildman–Crippen LogP) is 2.96. The normalized spacial score (nSPS) is 27.1. The minimum atomic E-state index is 0.0180. The second kappa shape index (κ2) is 5.54. The van der Waals surface area contributed by atoms with Crippen LogP contribution in [0.15, 0.2) is 24.3 Å². The molecule has 0 aromatic heterocycles. The van der Waals surface area contributed by atoms with Gasteiger partial charge in [-0.2, -0.15) is 5.26 Å². The first kappa shape index (κ1) is 13.0. The SMILES string of the molecule is N#CCOc1cccc(NC(=O)C2C3CCCCC32)c1. The maximum absolute atomic E-state index is 12.3. The topological polar surface area (TPSA) is 62.1 Å². The summed E-state index contributed by atoms with van der Waals surface area (Å²) >= 11 is 0. The summed E-state index contributed by atoms with van der Waals surface area (Å²) < 4.78 is 5.24. The molecule has 2 unspecified atom stereocenters. The van der Waals surface area contributed by atoms with E-state index in [0.29, 0.717) is 17.6 Å². The van der Waals surface area contributed by atoms with Gasteiger partial charge in [0.15, 0.2) is 6.61 Å². The lowest BCUT2D eigenvalue weighted by Crippen LogP contribution is -2.15. The van der Waals surface area contributed by atoms with Gasteiger partial charge in [0, 0.05) is 17.7 Å². The fraction of sp³-hybridized carbons (Fsp3) is 0.500. The van der Waals surface area contributed by atoms with Gasteiger partial charge in [0.25, 0.3) is 0 Å². The third-order valence-corrected chi connectivity index (χ3v) is 4.36. The number of benzene rings is 1. The van der Waals surface area contributed by atoms with Gasteiger partial charge in [-0.05, 0) is 36.8 Å². The molecule has 2 saturated carbocycles. The summed E-state index contributed by atoms with van der Waals surface area (Å²) in [5, 5.41) is 11.5. The zero-order valence-corrected chi connectivity index (χ0v) is 11.3. The number of amides is 1. The molecule has 0 aliphatic heterocycles. The number of nitrogens with zero attached hydrogens (tertiary/aromatic N) is 1. The van der Waals surface area contributed by atoms with Crippen molar-refractivity contribution in [1.29, 1.82) is 5.26 Å². The number of hydrogen-bond acceptors (Lipinski definition) is 3. The van der Waals surface area contributed by atoms with Crippen LogP contribution in [0.5, 0.6) is 5.75 Å². The molecule has 4 nitrogen and oxygen atoms in total. The fourth-order valence-corrected chi connectivity index (χ4v) is 3.39. The Morgan fingerprint density at radius 1 is 1.35 bits per heavy atom. The van der Waals surface area contributed by atoms with Gasteiger partial charge in [-0.15, -0.1) is 0 Å². The first-order valence-electron chi connectivity index (χ1n) is 7.20. The Hall–Kier alpha value is -2.02. The van der Waals surface area contributed by atoms with Gasteiger partial charge in [-0.25, -0.2) is 0 Å². The van der Waals surface area contributed by atoms with Gasteiger partial charge in [0.05, 0.1) is 0 Å². The van der Waals surface area contributed by atoms with Gasteiger partial charge in [0.2, 0.25) is 5.91 Å². The lowest BCUT2D eigenvalue weighted by molar-refractivity contribution is -0.117. The molecule has 1 aromatic carbocycles. The lowest BCUT2D eigenvalue weighted by atomic mass is 10.0. The van der Waals surface area contributed by atoms with Crippen LogP contribution in [0.3, 0.4) is 0 Å². The second-order valence-electron chi connectivity index (χ2n) is 5.60. The molecular formula is C16H18N2O2. The molecule has 0 saturated heterocycles. The number of anilines is 1. The molecule has 0 bridgehead atoms. The largest absolute Gasteiger partial charge is 0.479 e. The average Bonchev–Trinajstić information content (AvgIpc) is 3.20. The van der Waals surface area contributed by atoms with Crippen molar-refractivity contribution >= 4 is 11.6 Å². The summed E-state index contributed by atoms with van der Waals surface area (Å²) in [6.07, 6.45) is 4.94. The van der Waals surface area contributed by atoms with Crippen LogP contribution in [-0.2, 0) is 4.79 Å². The van der Waals surface area contributed by atoms with Crippen molar-refractivity contribution in [3.05, 3.63) is 24.3 Å². The Morgan fingerprint density at radius 2 is 2.10 bits per heavy atom. The Kier molecular flexibility index (Phi) is 3.60. The Bertz CT molecular complexity index is 538. The number of nitrogens with one attached hydrogen (secondary N) is 1. The molecule has 0 radical (unpaired) electrons. The highest BCUT2D eigenvalue weighted by Crippen LogP contribution is 2.55. The van der Waals surface area contributed by atoms with Gasteiger partial charge in [0.1, 0.15) is 11.8 Å².